The summed E-state index contributed by atoms with van der Waals surface area (Å²) in [5, 5.41) is 33.9. The van der Waals surface area contributed by atoms with Gasteiger partial charge in [-0.1, -0.05) is 71.2 Å². The molecule has 0 radical (unpaired) electrons. The second-order valence-electron chi connectivity index (χ2n) is 30.1. The van der Waals surface area contributed by atoms with Gasteiger partial charge in [0.2, 0.25) is 0 Å². The topological polar surface area (TPSA) is 281 Å². The Bertz CT molecular complexity index is 4910. The number of carbonyl (C=O) groups is 7. The number of aliphatic hydroxyl groups is 3. The quantitative estimate of drug-likeness (QED) is 0.0321. The first kappa shape index (κ1) is 81.3. The van der Waals surface area contributed by atoms with E-state index in [1.165, 1.54) is 75.4 Å². The van der Waals surface area contributed by atoms with Crippen LogP contribution in [0.1, 0.15) is 129 Å². The van der Waals surface area contributed by atoms with Gasteiger partial charge in [0.05, 0.1) is 66.7 Å². The fourth-order valence-electron chi connectivity index (χ4n) is 15.4. The van der Waals surface area contributed by atoms with Crippen LogP contribution in [0.3, 0.4) is 0 Å². The Morgan fingerprint density at radius 1 is 0.450 bits per heavy atom. The Kier molecular flexibility index (Phi) is 25.8. The van der Waals surface area contributed by atoms with Crippen molar-refractivity contribution in [2.24, 2.45) is 0 Å². The number of aromatic nitrogens is 3. The molecule has 588 valence electrons. The molecule has 15 rings (SSSR count). The number of aliphatic hydroxyl groups excluding tert-OH is 3. The highest BCUT2D eigenvalue weighted by molar-refractivity contribution is 6.46. The standard InChI is InChI=1S/C28H31ClFN5O4.C28H30ClFN4O4.C22H23ClFN3O.C4H9NO/c1-16-12-34(17(2)11-33(16)13-18-3-5-19(30)6-4-18)27(38)22-9-21-23(15-35(31)25(21)10-24(22)29)26(37)28(39)32-8-7-20(36)14-32;1-16-13-34(17(2)12-33(16)14-18-3-5-19(30)6-4-18)27(37)22-9-21-23(11-31-25(21)10-24(22)29)26(36)28(38)32-8-7-20(35)15-32;1-14-12-27(15(2)11-26(14)13-16-3-5-18(24)6-4-16)22(28)19-9-17-7-8-25-21(17)10-20(19)23;6-4-1-2-5-3-4/h3-6,9-10,15-17,20,36H,7-8,11-14,31H2,1-2H3;3-6,9-11,16-17,20,31,35H,7-8,12-15H2,1-2H3;3-10,14-15,25H,11-13H2,1-2H3;4-6H,1-3H2/t2*16-,17+,20+;14-,15+;4-/m0001/s1. The lowest BCUT2D eigenvalue weighted by molar-refractivity contribution is -0.126. The second-order valence-corrected chi connectivity index (χ2v) is 31.3. The maximum Gasteiger partial charge on any atom is 0.295 e. The molecule has 0 bridgehead atoms. The van der Waals surface area contributed by atoms with E-state index in [2.05, 4.69) is 43.8 Å². The zero-order valence-electron chi connectivity index (χ0n) is 62.7. The van der Waals surface area contributed by atoms with Gasteiger partial charge in [-0.3, -0.25) is 52.9 Å². The summed E-state index contributed by atoms with van der Waals surface area (Å²) in [6.07, 6.45) is 5.11. The number of nitrogens with two attached hydrogens (primary N) is 1. The SMILES string of the molecule is C[C@@H]1CN(Cc2ccc(F)cc2)[C@@H](C)CN1C(=O)c1cc2c(C(=O)C(=O)N3CC[C@@H](O)C3)c[nH]c2cc1Cl.C[C@@H]1CN(Cc2ccc(F)cc2)[C@@H](C)CN1C(=O)c1cc2c(C(=O)C(=O)N3CC[C@@H](O)C3)cn(N)c2cc1Cl.C[C@@H]1CN(Cc2ccc(F)cc2)[C@@H](C)CN1C(=O)c1cc2cc[nH]c2cc1Cl.O[C@@H]1CCNC1. The Balaban J connectivity index is 0.000000150. The van der Waals surface area contributed by atoms with Crippen LogP contribution >= 0.6 is 34.8 Å². The number of ketones is 2. The molecule has 9 aromatic rings. The molecular weight excluding hydrogens is 1490 g/mol. The highest BCUT2D eigenvalue weighted by atomic mass is 35.5. The van der Waals surface area contributed by atoms with E-state index in [0.717, 1.165) is 60.2 Å². The monoisotopic (exact) mass is 1580 g/mol. The van der Waals surface area contributed by atoms with E-state index in [4.69, 9.17) is 45.8 Å². The van der Waals surface area contributed by atoms with Gasteiger partial charge in [-0.15, -0.1) is 0 Å². The van der Waals surface area contributed by atoms with Crippen molar-refractivity contribution in [2.45, 2.75) is 135 Å². The Hall–Kier alpha value is -9.19. The van der Waals surface area contributed by atoms with E-state index in [1.54, 1.807) is 46.2 Å². The Morgan fingerprint density at radius 3 is 1.25 bits per heavy atom. The molecule has 6 aliphatic rings. The molecule has 6 saturated heterocycles. The second kappa shape index (κ2) is 35.2. The summed E-state index contributed by atoms with van der Waals surface area (Å²) in [5.41, 5.74) is 6.23. The number of nitrogens with one attached hydrogen (secondary N) is 3. The number of H-pyrrole nitrogens is 2. The van der Waals surface area contributed by atoms with Gasteiger partial charge in [-0.05, 0) is 163 Å². The zero-order valence-corrected chi connectivity index (χ0v) is 65.0. The molecular formula is C82H93Cl3F3N13O10. The third-order valence-corrected chi connectivity index (χ3v) is 22.8. The van der Waals surface area contributed by atoms with Crippen LogP contribution in [0.15, 0.2) is 134 Å². The molecule has 9 atom stereocenters. The van der Waals surface area contributed by atoms with E-state index >= 15 is 0 Å². The predicted molar refractivity (Wildman–Crippen MR) is 421 cm³/mol. The maximum absolute atomic E-state index is 13.7. The summed E-state index contributed by atoms with van der Waals surface area (Å²) in [5.74, 6) is 1.90. The van der Waals surface area contributed by atoms with Crippen molar-refractivity contribution in [1.82, 2.24) is 59.2 Å². The summed E-state index contributed by atoms with van der Waals surface area (Å²) in [6.45, 7) is 20.4. The molecule has 6 fully saturated rings. The number of nitrogens with zero attached hydrogens (tertiary/aromatic N) is 9. The number of aromatic amines is 2. The number of amides is 5. The predicted octanol–water partition coefficient (Wildman–Crippen LogP) is 10.2. The van der Waals surface area contributed by atoms with Crippen molar-refractivity contribution < 1.29 is 62.1 Å². The van der Waals surface area contributed by atoms with Crippen LogP contribution in [0, 0.1) is 17.5 Å². The molecule has 8 N–H and O–H groups in total. The number of halogens is 6. The third kappa shape index (κ3) is 18.8. The van der Waals surface area contributed by atoms with Crippen molar-refractivity contribution in [3.8, 4) is 0 Å². The van der Waals surface area contributed by atoms with E-state index in [-0.39, 0.29) is 123 Å². The highest BCUT2D eigenvalue weighted by Gasteiger charge is 2.39. The average molecular weight is 1580 g/mol. The van der Waals surface area contributed by atoms with Crippen LogP contribution < -0.4 is 11.2 Å². The fraction of sp³-hybridized carbons (Fsp3) is 0.402. The van der Waals surface area contributed by atoms with Gasteiger partial charge < -0.3 is 60.9 Å². The minimum Gasteiger partial charge on any atom is -0.392 e. The molecule has 0 saturated carbocycles. The first-order chi connectivity index (χ1) is 53.0. The molecule has 5 amide bonds. The number of likely N-dealkylation sites (tertiary alicyclic amines) is 2. The molecule has 3 aromatic heterocycles. The molecule has 6 aliphatic heterocycles. The van der Waals surface area contributed by atoms with E-state index in [0.29, 0.717) is 104 Å². The maximum atomic E-state index is 13.7. The average Bonchev–Trinajstić information content (AvgIpc) is 1.41. The van der Waals surface area contributed by atoms with Gasteiger partial charge in [-0.2, -0.15) is 0 Å². The fourth-order valence-corrected chi connectivity index (χ4v) is 16.1. The van der Waals surface area contributed by atoms with E-state index in [1.807, 2.05) is 69.1 Å². The van der Waals surface area contributed by atoms with Crippen LogP contribution in [0.4, 0.5) is 13.2 Å². The molecule has 23 nitrogen and oxygen atoms in total. The van der Waals surface area contributed by atoms with Crippen molar-refractivity contribution in [1.29, 1.82) is 0 Å². The van der Waals surface area contributed by atoms with E-state index < -0.39 is 35.6 Å². The van der Waals surface area contributed by atoms with Crippen LogP contribution in [-0.4, -0.2) is 243 Å². The first-order valence-corrected chi connectivity index (χ1v) is 38.6. The third-order valence-electron chi connectivity index (χ3n) is 21.9. The van der Waals surface area contributed by atoms with Gasteiger partial charge in [0, 0.05) is 174 Å². The molecule has 6 aromatic carbocycles. The lowest BCUT2D eigenvalue weighted by atomic mass is 10.0. The van der Waals surface area contributed by atoms with Crippen LogP contribution in [-0.2, 0) is 29.2 Å². The number of hydrogen-bond acceptors (Lipinski definition) is 15. The highest BCUT2D eigenvalue weighted by Crippen LogP contribution is 2.34. The van der Waals surface area contributed by atoms with Crippen molar-refractivity contribution in [3.05, 3.63) is 211 Å². The Morgan fingerprint density at radius 2 is 0.856 bits per heavy atom. The lowest BCUT2D eigenvalue weighted by Gasteiger charge is -2.44. The lowest BCUT2D eigenvalue weighted by Crippen LogP contribution is -2.57. The molecule has 0 aliphatic carbocycles. The van der Waals surface area contributed by atoms with Crippen molar-refractivity contribution in [2.75, 3.05) is 84.4 Å². The normalized spacial score (nSPS) is 22.4. The smallest absolute Gasteiger partial charge is 0.295 e. The van der Waals surface area contributed by atoms with Gasteiger partial charge >= 0.3 is 0 Å². The van der Waals surface area contributed by atoms with Crippen LogP contribution in [0.25, 0.3) is 32.7 Å². The minimum absolute atomic E-state index is 0.0334. The number of piperazine rings is 3. The summed E-state index contributed by atoms with van der Waals surface area (Å²) >= 11 is 19.5. The van der Waals surface area contributed by atoms with Crippen LogP contribution in [0.2, 0.25) is 15.1 Å². The van der Waals surface area contributed by atoms with Gasteiger partial charge in [0.25, 0.3) is 41.1 Å². The minimum atomic E-state index is -0.754. The van der Waals surface area contributed by atoms with Crippen molar-refractivity contribution in [3.63, 3.8) is 0 Å². The molecule has 111 heavy (non-hydrogen) atoms. The summed E-state index contributed by atoms with van der Waals surface area (Å²) in [4.78, 5) is 113. The number of nitrogen functional groups attached to an aromatic ring is 1. The largest absolute Gasteiger partial charge is 0.392 e. The number of carbonyl (C=O) groups excluding carboxylic acids is 7. The summed E-state index contributed by atoms with van der Waals surface area (Å²) in [7, 11) is 0. The Labute approximate surface area is 656 Å². The number of rotatable bonds is 13. The van der Waals surface area contributed by atoms with Gasteiger partial charge in [0.1, 0.15) is 17.5 Å². The summed E-state index contributed by atoms with van der Waals surface area (Å²) < 4.78 is 41.0. The molecule has 9 heterocycles. The number of hydrogen-bond donors (Lipinski definition) is 7. The van der Waals surface area contributed by atoms with Crippen molar-refractivity contribution >= 4 is 109 Å². The van der Waals surface area contributed by atoms with Crippen LogP contribution in [0.5, 0.6) is 0 Å². The molecule has 29 heteroatoms. The number of Topliss-reactive ketones (excluding diaryl/α,β-unsaturated/α-hetero) is 2. The van der Waals surface area contributed by atoms with Gasteiger partial charge in [-0.25, -0.2) is 13.2 Å². The number of fused-ring (bicyclic) bond motifs is 3. The number of β-amino-alcohol motifs (C(OH)–C–C–N with tert-alkyl or cyclic N) is 3. The molecule has 0 spiro atoms. The number of benzene rings is 6. The van der Waals surface area contributed by atoms with E-state index in [9.17, 15) is 56.9 Å². The van der Waals surface area contributed by atoms with Gasteiger partial charge in [0.15, 0.2) is 0 Å². The molecule has 0 unspecified atom stereocenters. The zero-order chi connectivity index (χ0) is 79.4. The summed E-state index contributed by atoms with van der Waals surface area (Å²) in [6, 6.07) is 31.4. The first-order valence-electron chi connectivity index (χ1n) is 37.4.